The fraction of sp³-hybridized carbons (Fsp3) is 0.565. The predicted molar refractivity (Wildman–Crippen MR) is 121 cm³/mol. The number of ether oxygens (including phenoxy) is 1. The first kappa shape index (κ1) is 24.9. The van der Waals surface area contributed by atoms with Gasteiger partial charge in [-0.15, -0.1) is 0 Å². The molecule has 0 bridgehead atoms. The number of fused-ring (bicyclic) bond motifs is 1. The molecule has 0 aliphatic carbocycles. The van der Waals surface area contributed by atoms with Gasteiger partial charge in [-0.1, -0.05) is 13.8 Å². The molecule has 180 valence electrons. The van der Waals surface area contributed by atoms with Gasteiger partial charge in [0.2, 0.25) is 0 Å². The molecule has 33 heavy (non-hydrogen) atoms. The van der Waals surface area contributed by atoms with Crippen molar-refractivity contribution >= 4 is 33.5 Å². The molecule has 10 heteroatoms. The maximum absolute atomic E-state index is 12.8. The molecule has 2 heterocycles. The van der Waals surface area contributed by atoms with Crippen molar-refractivity contribution in [3.8, 4) is 0 Å². The van der Waals surface area contributed by atoms with Crippen LogP contribution >= 0.6 is 0 Å². The summed E-state index contributed by atoms with van der Waals surface area (Å²) in [7, 11) is -3.17. The standard InChI is InChI=1S/C23H30N2O7S/c1-5-24(17-9-11-33(30,31)13-17)20(26)15(4)32-23(29)16-6-7-18-19(12-16)22(28)25(21(18)27)10-8-14(2)3/h6-7,12,14-15,17H,5,8-11,13H2,1-4H3/t15-,17-/m1/s1. The number of imide groups is 1. The summed E-state index contributed by atoms with van der Waals surface area (Å²) < 4.78 is 28.9. The van der Waals surface area contributed by atoms with Crippen LogP contribution in [0.5, 0.6) is 0 Å². The quantitative estimate of drug-likeness (QED) is 0.414. The number of nitrogens with zero attached hydrogens (tertiary/aromatic N) is 2. The van der Waals surface area contributed by atoms with Gasteiger partial charge in [0.15, 0.2) is 15.9 Å². The van der Waals surface area contributed by atoms with Gasteiger partial charge in [-0.3, -0.25) is 19.3 Å². The molecule has 2 aliphatic heterocycles. The molecule has 3 amide bonds. The average molecular weight is 479 g/mol. The first-order valence-electron chi connectivity index (χ1n) is 11.2. The third-order valence-electron chi connectivity index (χ3n) is 6.04. The number of esters is 1. The van der Waals surface area contributed by atoms with Gasteiger partial charge in [0.05, 0.1) is 28.2 Å². The van der Waals surface area contributed by atoms with Gasteiger partial charge in [0.25, 0.3) is 17.7 Å². The molecule has 9 nitrogen and oxygen atoms in total. The Hall–Kier alpha value is -2.75. The summed E-state index contributed by atoms with van der Waals surface area (Å²) >= 11 is 0. The summed E-state index contributed by atoms with van der Waals surface area (Å²) in [6, 6.07) is 3.71. The molecule has 0 aromatic heterocycles. The Kier molecular flexibility index (Phi) is 7.26. The molecule has 1 aromatic carbocycles. The first-order chi connectivity index (χ1) is 15.4. The van der Waals surface area contributed by atoms with Crippen molar-refractivity contribution in [2.75, 3.05) is 24.6 Å². The van der Waals surface area contributed by atoms with E-state index in [1.807, 2.05) is 13.8 Å². The van der Waals surface area contributed by atoms with Crippen LogP contribution in [0.4, 0.5) is 0 Å². The highest BCUT2D eigenvalue weighted by atomic mass is 32.2. The van der Waals surface area contributed by atoms with E-state index in [-0.39, 0.29) is 34.1 Å². The monoisotopic (exact) mass is 478 g/mol. The Morgan fingerprint density at radius 3 is 2.39 bits per heavy atom. The van der Waals surface area contributed by atoms with Crippen molar-refractivity contribution in [1.82, 2.24) is 9.80 Å². The lowest BCUT2D eigenvalue weighted by Crippen LogP contribution is -2.46. The van der Waals surface area contributed by atoms with Crippen LogP contribution in [0.2, 0.25) is 0 Å². The first-order valence-corrected chi connectivity index (χ1v) is 13.0. The van der Waals surface area contributed by atoms with Crippen LogP contribution in [0.15, 0.2) is 18.2 Å². The number of likely N-dealkylation sites (N-methyl/N-ethyl adjacent to an activating group) is 1. The normalized spacial score (nSPS) is 20.2. The Bertz CT molecular complexity index is 1080. The minimum atomic E-state index is -3.17. The van der Waals surface area contributed by atoms with E-state index >= 15 is 0 Å². The minimum Gasteiger partial charge on any atom is -0.449 e. The number of rotatable bonds is 8. The van der Waals surface area contributed by atoms with Crippen molar-refractivity contribution < 1.29 is 32.3 Å². The number of amides is 3. The maximum atomic E-state index is 12.8. The highest BCUT2D eigenvalue weighted by Crippen LogP contribution is 2.25. The Balaban J connectivity index is 1.69. The van der Waals surface area contributed by atoms with E-state index in [4.69, 9.17) is 4.74 Å². The molecule has 0 N–H and O–H groups in total. The third kappa shape index (κ3) is 5.26. The second-order valence-corrected chi connectivity index (χ2v) is 11.2. The number of benzene rings is 1. The number of hydrogen-bond donors (Lipinski definition) is 0. The van der Waals surface area contributed by atoms with Crippen LogP contribution in [0.25, 0.3) is 0 Å². The van der Waals surface area contributed by atoms with Gasteiger partial charge in [-0.2, -0.15) is 0 Å². The SMILES string of the molecule is CCN(C(=O)[C@@H](C)OC(=O)c1ccc2c(c1)C(=O)N(CCC(C)C)C2=O)[C@@H]1CCS(=O)(=O)C1. The molecule has 0 radical (unpaired) electrons. The van der Waals surface area contributed by atoms with Gasteiger partial charge in [0.1, 0.15) is 0 Å². The van der Waals surface area contributed by atoms with E-state index in [2.05, 4.69) is 0 Å². The molecule has 0 spiro atoms. The highest BCUT2D eigenvalue weighted by molar-refractivity contribution is 7.91. The number of carbonyl (C=O) groups is 4. The summed E-state index contributed by atoms with van der Waals surface area (Å²) in [4.78, 5) is 53.4. The van der Waals surface area contributed by atoms with E-state index in [0.29, 0.717) is 31.8 Å². The lowest BCUT2D eigenvalue weighted by atomic mass is 10.1. The Morgan fingerprint density at radius 1 is 1.15 bits per heavy atom. The van der Waals surface area contributed by atoms with E-state index in [0.717, 1.165) is 0 Å². The van der Waals surface area contributed by atoms with Crippen LogP contribution in [-0.4, -0.2) is 78.6 Å². The lowest BCUT2D eigenvalue weighted by molar-refractivity contribution is -0.141. The van der Waals surface area contributed by atoms with Gasteiger partial charge in [0, 0.05) is 19.1 Å². The summed E-state index contributed by atoms with van der Waals surface area (Å²) in [6.07, 6.45) is -0.0959. The van der Waals surface area contributed by atoms with Crippen LogP contribution in [0.1, 0.15) is 71.6 Å². The molecule has 1 fully saturated rings. The van der Waals surface area contributed by atoms with Crippen molar-refractivity contribution in [3.63, 3.8) is 0 Å². The fourth-order valence-corrected chi connectivity index (χ4v) is 5.87. The molecule has 1 saturated heterocycles. The van der Waals surface area contributed by atoms with Crippen LogP contribution in [0, 0.1) is 5.92 Å². The fourth-order valence-electron chi connectivity index (χ4n) is 4.14. The minimum absolute atomic E-state index is 0.0334. The van der Waals surface area contributed by atoms with Crippen molar-refractivity contribution in [3.05, 3.63) is 34.9 Å². The number of carbonyl (C=O) groups excluding carboxylic acids is 4. The summed E-state index contributed by atoms with van der Waals surface area (Å²) in [5, 5.41) is 0. The Morgan fingerprint density at radius 2 is 1.82 bits per heavy atom. The van der Waals surface area contributed by atoms with Crippen molar-refractivity contribution in [1.29, 1.82) is 0 Å². The summed E-state index contributed by atoms with van der Waals surface area (Å²) in [5.41, 5.74) is 0.444. The number of sulfone groups is 1. The van der Waals surface area contributed by atoms with Crippen molar-refractivity contribution in [2.24, 2.45) is 5.92 Å². The predicted octanol–water partition coefficient (Wildman–Crippen LogP) is 1.91. The maximum Gasteiger partial charge on any atom is 0.338 e. The molecule has 2 atom stereocenters. The van der Waals surface area contributed by atoms with Gasteiger partial charge in [-0.05, 0) is 50.8 Å². The van der Waals surface area contributed by atoms with Crippen LogP contribution in [-0.2, 0) is 19.4 Å². The topological polar surface area (TPSA) is 118 Å². The molecule has 2 aliphatic rings. The summed E-state index contributed by atoms with van der Waals surface area (Å²) in [6.45, 7) is 7.77. The van der Waals surface area contributed by atoms with E-state index in [1.54, 1.807) is 6.92 Å². The zero-order valence-electron chi connectivity index (χ0n) is 19.4. The van der Waals surface area contributed by atoms with E-state index in [9.17, 15) is 27.6 Å². The molecule has 0 unspecified atom stereocenters. The largest absolute Gasteiger partial charge is 0.449 e. The zero-order valence-corrected chi connectivity index (χ0v) is 20.2. The molecule has 0 saturated carbocycles. The van der Waals surface area contributed by atoms with Crippen LogP contribution in [0.3, 0.4) is 0 Å². The molecule has 3 rings (SSSR count). The third-order valence-corrected chi connectivity index (χ3v) is 7.79. The second kappa shape index (κ2) is 9.62. The average Bonchev–Trinajstić information content (AvgIpc) is 3.23. The van der Waals surface area contributed by atoms with Crippen molar-refractivity contribution in [2.45, 2.75) is 52.7 Å². The van der Waals surface area contributed by atoms with E-state index in [1.165, 1.54) is 34.9 Å². The van der Waals surface area contributed by atoms with E-state index < -0.39 is 39.8 Å². The lowest BCUT2D eigenvalue weighted by Gasteiger charge is -2.29. The van der Waals surface area contributed by atoms with Gasteiger partial charge >= 0.3 is 5.97 Å². The van der Waals surface area contributed by atoms with Crippen LogP contribution < -0.4 is 0 Å². The van der Waals surface area contributed by atoms with Gasteiger partial charge in [-0.25, -0.2) is 13.2 Å². The summed E-state index contributed by atoms with van der Waals surface area (Å²) in [5.74, 6) is -1.84. The molecular formula is C23H30N2O7S. The smallest absolute Gasteiger partial charge is 0.338 e. The second-order valence-electron chi connectivity index (χ2n) is 8.93. The zero-order chi connectivity index (χ0) is 24.5. The highest BCUT2D eigenvalue weighted by Gasteiger charge is 2.38. The molecular weight excluding hydrogens is 448 g/mol. The van der Waals surface area contributed by atoms with Gasteiger partial charge < -0.3 is 9.64 Å². The number of hydrogen-bond acceptors (Lipinski definition) is 7. The molecule has 1 aromatic rings. The Labute approximate surface area is 194 Å².